The Labute approximate surface area is 95.3 Å². The summed E-state index contributed by atoms with van der Waals surface area (Å²) in [6.45, 7) is 3.94. The van der Waals surface area contributed by atoms with Crippen LogP contribution in [0.5, 0.6) is 0 Å². The zero-order valence-electron chi connectivity index (χ0n) is 9.74. The lowest BCUT2D eigenvalue weighted by atomic mass is 9.81. The van der Waals surface area contributed by atoms with Gasteiger partial charge in [-0.1, -0.05) is 6.92 Å². The minimum Gasteiger partial charge on any atom is -0.314 e. The van der Waals surface area contributed by atoms with Gasteiger partial charge in [0.2, 0.25) is 5.91 Å². The number of carbonyl (C=O) groups is 1. The quantitative estimate of drug-likeness (QED) is 0.719. The summed E-state index contributed by atoms with van der Waals surface area (Å²) in [6, 6.07) is 7.56. The minimum atomic E-state index is -0.475. The van der Waals surface area contributed by atoms with Gasteiger partial charge in [-0.15, -0.1) is 0 Å². The molecule has 1 amide bonds. The van der Waals surface area contributed by atoms with Crippen molar-refractivity contribution in [2.24, 2.45) is 0 Å². The van der Waals surface area contributed by atoms with Gasteiger partial charge in [0.25, 0.3) is 0 Å². The summed E-state index contributed by atoms with van der Waals surface area (Å²) in [5.74, 6) is 0.111. The van der Waals surface area contributed by atoms with E-state index in [1.807, 2.05) is 26.0 Å². The summed E-state index contributed by atoms with van der Waals surface area (Å²) in [4.78, 5) is 13.8. The Balaban J connectivity index is 2.68. The second kappa shape index (κ2) is 3.34. The monoisotopic (exact) mass is 214 g/mol. The van der Waals surface area contributed by atoms with E-state index in [1.54, 1.807) is 18.0 Å². The topological polar surface area (TPSA) is 44.1 Å². The second-order valence-electron chi connectivity index (χ2n) is 4.39. The van der Waals surface area contributed by atoms with Gasteiger partial charge in [-0.05, 0) is 37.1 Å². The fourth-order valence-electron chi connectivity index (χ4n) is 2.28. The molecule has 0 saturated carbocycles. The van der Waals surface area contributed by atoms with Crippen LogP contribution in [0.3, 0.4) is 0 Å². The summed E-state index contributed by atoms with van der Waals surface area (Å²) < 4.78 is 0. The lowest BCUT2D eigenvalue weighted by Crippen LogP contribution is -2.35. The van der Waals surface area contributed by atoms with Gasteiger partial charge in [0.05, 0.1) is 17.0 Å². The Morgan fingerprint density at radius 3 is 2.75 bits per heavy atom. The minimum absolute atomic E-state index is 0.111. The Morgan fingerprint density at radius 2 is 2.19 bits per heavy atom. The molecule has 0 aliphatic carbocycles. The van der Waals surface area contributed by atoms with Crippen LogP contribution in [0.15, 0.2) is 18.2 Å². The fraction of sp³-hybridized carbons (Fsp3) is 0.385. The first kappa shape index (κ1) is 10.7. The highest BCUT2D eigenvalue weighted by Crippen LogP contribution is 2.43. The number of carbonyl (C=O) groups excluding carboxylic acids is 1. The van der Waals surface area contributed by atoms with Crippen molar-refractivity contribution < 1.29 is 4.79 Å². The van der Waals surface area contributed by atoms with Crippen molar-refractivity contribution in [2.75, 3.05) is 11.9 Å². The van der Waals surface area contributed by atoms with Gasteiger partial charge in [0.15, 0.2) is 0 Å². The third-order valence-electron chi connectivity index (χ3n) is 3.57. The number of benzene rings is 1. The zero-order chi connectivity index (χ0) is 11.9. The first-order valence-corrected chi connectivity index (χ1v) is 5.37. The summed E-state index contributed by atoms with van der Waals surface area (Å²) >= 11 is 0. The molecule has 0 aromatic heterocycles. The van der Waals surface area contributed by atoms with Crippen molar-refractivity contribution in [3.8, 4) is 6.07 Å². The van der Waals surface area contributed by atoms with Crippen LogP contribution in [0.25, 0.3) is 0 Å². The molecule has 1 aromatic carbocycles. The maximum Gasteiger partial charge on any atom is 0.237 e. The number of rotatable bonds is 1. The number of nitrogens with zero attached hydrogens (tertiary/aromatic N) is 2. The molecule has 1 aliphatic heterocycles. The highest BCUT2D eigenvalue weighted by atomic mass is 16.2. The molecular weight excluding hydrogens is 200 g/mol. The van der Waals surface area contributed by atoms with Crippen LogP contribution in [-0.4, -0.2) is 13.0 Å². The standard InChI is InChI=1S/C13H14N2O/c1-4-13(2)10-7-9(8-14)5-6-11(10)15(3)12(13)16/h5-7H,4H2,1-3H3. The summed E-state index contributed by atoms with van der Waals surface area (Å²) in [6.07, 6.45) is 0.748. The van der Waals surface area contributed by atoms with Crippen LogP contribution in [0.2, 0.25) is 0 Å². The summed E-state index contributed by atoms with van der Waals surface area (Å²) in [7, 11) is 1.79. The number of anilines is 1. The number of hydrogen-bond acceptors (Lipinski definition) is 2. The molecular formula is C13H14N2O. The Kier molecular flexibility index (Phi) is 2.23. The van der Waals surface area contributed by atoms with Crippen molar-refractivity contribution in [1.82, 2.24) is 0 Å². The van der Waals surface area contributed by atoms with E-state index in [0.717, 1.165) is 17.7 Å². The van der Waals surface area contributed by atoms with E-state index in [-0.39, 0.29) is 5.91 Å². The molecule has 1 atom stereocenters. The predicted molar refractivity (Wildman–Crippen MR) is 62.2 cm³/mol. The first-order valence-electron chi connectivity index (χ1n) is 5.37. The molecule has 3 nitrogen and oxygen atoms in total. The molecule has 0 radical (unpaired) electrons. The molecule has 3 heteroatoms. The maximum absolute atomic E-state index is 12.2. The fourth-order valence-corrected chi connectivity index (χ4v) is 2.28. The molecule has 0 fully saturated rings. The number of nitriles is 1. The molecule has 0 bridgehead atoms. The molecule has 82 valence electrons. The lowest BCUT2D eigenvalue weighted by Gasteiger charge is -2.20. The second-order valence-corrected chi connectivity index (χ2v) is 4.39. The molecule has 1 unspecified atom stereocenters. The number of amides is 1. The smallest absolute Gasteiger partial charge is 0.237 e. The van der Waals surface area contributed by atoms with Gasteiger partial charge >= 0.3 is 0 Å². The highest BCUT2D eigenvalue weighted by molar-refractivity contribution is 6.07. The van der Waals surface area contributed by atoms with Gasteiger partial charge in [-0.25, -0.2) is 0 Å². The van der Waals surface area contributed by atoms with E-state index in [2.05, 4.69) is 6.07 Å². The van der Waals surface area contributed by atoms with Crippen LogP contribution in [0.4, 0.5) is 5.69 Å². The first-order chi connectivity index (χ1) is 7.54. The van der Waals surface area contributed by atoms with Crippen molar-refractivity contribution in [3.05, 3.63) is 29.3 Å². The van der Waals surface area contributed by atoms with E-state index in [0.29, 0.717) is 5.56 Å². The molecule has 0 N–H and O–H groups in total. The lowest BCUT2D eigenvalue weighted by molar-refractivity contribution is -0.122. The van der Waals surface area contributed by atoms with Crippen molar-refractivity contribution in [2.45, 2.75) is 25.7 Å². The van der Waals surface area contributed by atoms with Crippen molar-refractivity contribution in [3.63, 3.8) is 0 Å². The maximum atomic E-state index is 12.2. The Morgan fingerprint density at radius 1 is 1.50 bits per heavy atom. The Hall–Kier alpha value is -1.82. The SMILES string of the molecule is CCC1(C)C(=O)N(C)c2ccc(C#N)cc21. The number of hydrogen-bond donors (Lipinski definition) is 0. The van der Waals surface area contributed by atoms with Crippen molar-refractivity contribution >= 4 is 11.6 Å². The molecule has 1 heterocycles. The van der Waals surface area contributed by atoms with Crippen LogP contribution in [0, 0.1) is 11.3 Å². The van der Waals surface area contributed by atoms with E-state index < -0.39 is 5.41 Å². The Bertz CT molecular complexity index is 501. The molecule has 1 aromatic rings. The van der Waals surface area contributed by atoms with Crippen molar-refractivity contribution in [1.29, 1.82) is 5.26 Å². The van der Waals surface area contributed by atoms with E-state index >= 15 is 0 Å². The van der Waals surface area contributed by atoms with Crippen LogP contribution in [-0.2, 0) is 10.2 Å². The normalized spacial score (nSPS) is 23.1. The van der Waals surface area contributed by atoms with Gasteiger partial charge in [-0.3, -0.25) is 4.79 Å². The third kappa shape index (κ3) is 1.16. The average molecular weight is 214 g/mol. The van der Waals surface area contributed by atoms with Crippen LogP contribution >= 0.6 is 0 Å². The molecule has 1 aliphatic rings. The van der Waals surface area contributed by atoms with Gasteiger partial charge in [0, 0.05) is 12.7 Å². The van der Waals surface area contributed by atoms with E-state index in [4.69, 9.17) is 5.26 Å². The van der Waals surface area contributed by atoms with Gasteiger partial charge < -0.3 is 4.90 Å². The van der Waals surface area contributed by atoms with Gasteiger partial charge in [-0.2, -0.15) is 5.26 Å². The summed E-state index contributed by atoms with van der Waals surface area (Å²) in [5, 5.41) is 8.90. The molecule has 0 saturated heterocycles. The van der Waals surface area contributed by atoms with E-state index in [1.165, 1.54) is 0 Å². The van der Waals surface area contributed by atoms with Gasteiger partial charge in [0.1, 0.15) is 0 Å². The zero-order valence-corrected chi connectivity index (χ0v) is 9.74. The molecule has 0 spiro atoms. The predicted octanol–water partition coefficient (Wildman–Crippen LogP) is 2.20. The largest absolute Gasteiger partial charge is 0.314 e. The number of fused-ring (bicyclic) bond motifs is 1. The summed E-state index contributed by atoms with van der Waals surface area (Å²) in [5.41, 5.74) is 2.04. The molecule has 16 heavy (non-hydrogen) atoms. The highest BCUT2D eigenvalue weighted by Gasteiger charge is 2.44. The van der Waals surface area contributed by atoms with Crippen LogP contribution in [0.1, 0.15) is 31.4 Å². The van der Waals surface area contributed by atoms with Crippen LogP contribution < -0.4 is 4.90 Å². The third-order valence-corrected chi connectivity index (χ3v) is 3.57. The van der Waals surface area contributed by atoms with E-state index in [9.17, 15) is 4.79 Å². The average Bonchev–Trinajstić information content (AvgIpc) is 2.52. The molecule has 2 rings (SSSR count). The number of likely N-dealkylation sites (N-methyl/N-ethyl adjacent to an activating group) is 1.